The number of hydrogen-bond donors (Lipinski definition) is 0. The lowest BCUT2D eigenvalue weighted by molar-refractivity contribution is -0.384. The Balaban J connectivity index is 1.61. The van der Waals surface area contributed by atoms with Gasteiger partial charge in [-0.2, -0.15) is 0 Å². The molecular weight excluding hydrogens is 324 g/mol. The maximum atomic E-state index is 10.7. The van der Waals surface area contributed by atoms with E-state index in [1.807, 2.05) is 6.07 Å². The van der Waals surface area contributed by atoms with Crippen LogP contribution >= 0.6 is 0 Å². The average Bonchev–Trinajstić information content (AvgIpc) is 3.32. The molecule has 0 aliphatic carbocycles. The van der Waals surface area contributed by atoms with Gasteiger partial charge in [0.05, 0.1) is 10.5 Å². The van der Waals surface area contributed by atoms with Crippen LogP contribution in [-0.4, -0.2) is 20.1 Å². The third kappa shape index (κ3) is 2.88. The number of benzene rings is 1. The molecule has 4 rings (SSSR count). The fourth-order valence-corrected chi connectivity index (χ4v) is 2.28. The summed E-state index contributed by atoms with van der Waals surface area (Å²) < 4.78 is 11.3. The molecule has 8 nitrogen and oxygen atoms in total. The molecule has 3 aromatic heterocycles. The highest BCUT2D eigenvalue weighted by Crippen LogP contribution is 2.30. The van der Waals surface area contributed by atoms with Crippen LogP contribution in [0, 0.1) is 10.1 Å². The molecule has 3 heterocycles. The van der Waals surface area contributed by atoms with Crippen molar-refractivity contribution in [2.45, 2.75) is 0 Å². The second-order valence-electron chi connectivity index (χ2n) is 5.12. The van der Waals surface area contributed by atoms with E-state index in [1.54, 1.807) is 42.7 Å². The van der Waals surface area contributed by atoms with Crippen molar-refractivity contribution in [1.29, 1.82) is 0 Å². The summed E-state index contributed by atoms with van der Waals surface area (Å²) >= 11 is 0. The third-order valence-electron chi connectivity index (χ3n) is 3.51. The first-order valence-corrected chi connectivity index (χ1v) is 7.29. The number of nitro benzene ring substituents is 1. The molecule has 0 N–H and O–H groups in total. The Morgan fingerprint density at radius 3 is 2.32 bits per heavy atom. The lowest BCUT2D eigenvalue weighted by Crippen LogP contribution is -1.86. The first-order valence-electron chi connectivity index (χ1n) is 7.29. The Labute approximate surface area is 140 Å². The topological polar surface area (TPSA) is 108 Å². The van der Waals surface area contributed by atoms with Gasteiger partial charge in [-0.3, -0.25) is 15.1 Å². The maximum absolute atomic E-state index is 10.7. The van der Waals surface area contributed by atoms with Crippen LogP contribution in [0.15, 0.2) is 69.8 Å². The molecule has 25 heavy (non-hydrogen) atoms. The zero-order valence-electron chi connectivity index (χ0n) is 12.7. The standard InChI is InChI=1S/C17H10N4O4/c22-21(23)13-5-3-11(4-6-13)14-7-8-15(24-14)17-20-19-16(25-17)12-2-1-9-18-10-12/h1-10H. The predicted molar refractivity (Wildman–Crippen MR) is 87.3 cm³/mol. The van der Waals surface area contributed by atoms with Gasteiger partial charge in [-0.05, 0) is 36.4 Å². The zero-order valence-corrected chi connectivity index (χ0v) is 12.7. The Kier molecular flexibility index (Phi) is 3.55. The Hall–Kier alpha value is -3.81. The number of non-ortho nitro benzene ring substituents is 1. The van der Waals surface area contributed by atoms with Crippen molar-refractivity contribution in [2.75, 3.05) is 0 Å². The summed E-state index contributed by atoms with van der Waals surface area (Å²) in [5.41, 5.74) is 1.45. The third-order valence-corrected chi connectivity index (χ3v) is 3.51. The Morgan fingerprint density at radius 1 is 0.840 bits per heavy atom. The molecule has 0 aliphatic rings. The molecule has 122 valence electrons. The fourth-order valence-electron chi connectivity index (χ4n) is 2.28. The highest BCUT2D eigenvalue weighted by molar-refractivity contribution is 5.63. The van der Waals surface area contributed by atoms with Crippen molar-refractivity contribution >= 4 is 5.69 Å². The SMILES string of the molecule is O=[N+]([O-])c1ccc(-c2ccc(-c3nnc(-c4cccnc4)o3)o2)cc1. The van der Waals surface area contributed by atoms with Crippen molar-refractivity contribution in [3.63, 3.8) is 0 Å². The molecule has 0 fully saturated rings. The van der Waals surface area contributed by atoms with E-state index in [4.69, 9.17) is 8.83 Å². The van der Waals surface area contributed by atoms with Gasteiger partial charge >= 0.3 is 0 Å². The molecule has 0 saturated carbocycles. The number of pyridine rings is 1. The Morgan fingerprint density at radius 2 is 1.60 bits per heavy atom. The van der Waals surface area contributed by atoms with E-state index in [0.717, 1.165) is 0 Å². The molecule has 0 aliphatic heterocycles. The molecule has 4 aromatic rings. The van der Waals surface area contributed by atoms with Crippen LogP contribution in [0.4, 0.5) is 5.69 Å². The van der Waals surface area contributed by atoms with Crippen LogP contribution < -0.4 is 0 Å². The van der Waals surface area contributed by atoms with Crippen LogP contribution in [0.3, 0.4) is 0 Å². The van der Waals surface area contributed by atoms with Crippen molar-refractivity contribution < 1.29 is 13.8 Å². The van der Waals surface area contributed by atoms with Gasteiger partial charge in [0, 0.05) is 30.1 Å². The van der Waals surface area contributed by atoms with Gasteiger partial charge in [0.2, 0.25) is 5.89 Å². The minimum absolute atomic E-state index is 0.0218. The van der Waals surface area contributed by atoms with Crippen molar-refractivity contribution in [1.82, 2.24) is 15.2 Å². The van der Waals surface area contributed by atoms with Crippen molar-refractivity contribution in [2.24, 2.45) is 0 Å². The predicted octanol–water partition coefficient (Wildman–Crippen LogP) is 3.97. The van der Waals surface area contributed by atoms with Crippen LogP contribution in [0.5, 0.6) is 0 Å². The summed E-state index contributed by atoms with van der Waals surface area (Å²) in [6.45, 7) is 0. The molecule has 0 atom stereocenters. The van der Waals surface area contributed by atoms with Crippen molar-refractivity contribution in [3.05, 3.63) is 71.0 Å². The quantitative estimate of drug-likeness (QED) is 0.410. The molecule has 1 aromatic carbocycles. The number of rotatable bonds is 4. The number of aromatic nitrogens is 3. The summed E-state index contributed by atoms with van der Waals surface area (Å²) in [5.74, 6) is 1.55. The van der Waals surface area contributed by atoms with Gasteiger partial charge in [0.15, 0.2) is 5.76 Å². The van der Waals surface area contributed by atoms with Gasteiger partial charge < -0.3 is 8.83 Å². The summed E-state index contributed by atoms with van der Waals surface area (Å²) in [6, 6.07) is 13.1. The van der Waals surface area contributed by atoms with Crippen LogP contribution in [0.25, 0.3) is 34.4 Å². The largest absolute Gasteiger partial charge is 0.451 e. The van der Waals surface area contributed by atoms with E-state index in [0.29, 0.717) is 28.5 Å². The van der Waals surface area contributed by atoms with E-state index in [9.17, 15) is 10.1 Å². The number of furan rings is 1. The highest BCUT2D eigenvalue weighted by atomic mass is 16.6. The van der Waals surface area contributed by atoms with Crippen LogP contribution in [0.2, 0.25) is 0 Å². The molecule has 8 heteroatoms. The van der Waals surface area contributed by atoms with E-state index in [1.165, 1.54) is 12.1 Å². The molecule has 0 saturated heterocycles. The molecule has 0 spiro atoms. The van der Waals surface area contributed by atoms with E-state index in [-0.39, 0.29) is 11.6 Å². The molecule has 0 radical (unpaired) electrons. The normalized spacial score (nSPS) is 10.7. The second kappa shape index (κ2) is 6.00. The molecule has 0 amide bonds. The number of hydrogen-bond acceptors (Lipinski definition) is 7. The number of nitro groups is 1. The van der Waals surface area contributed by atoms with Crippen LogP contribution in [0.1, 0.15) is 0 Å². The minimum atomic E-state index is -0.449. The van der Waals surface area contributed by atoms with Gasteiger partial charge in [-0.25, -0.2) is 0 Å². The van der Waals surface area contributed by atoms with E-state index in [2.05, 4.69) is 15.2 Å². The van der Waals surface area contributed by atoms with Gasteiger partial charge in [-0.15, -0.1) is 10.2 Å². The van der Waals surface area contributed by atoms with E-state index >= 15 is 0 Å². The fraction of sp³-hybridized carbons (Fsp3) is 0. The monoisotopic (exact) mass is 334 g/mol. The average molecular weight is 334 g/mol. The lowest BCUT2D eigenvalue weighted by atomic mass is 10.1. The van der Waals surface area contributed by atoms with Crippen molar-refractivity contribution in [3.8, 4) is 34.4 Å². The highest BCUT2D eigenvalue weighted by Gasteiger charge is 2.15. The number of nitrogens with zero attached hydrogens (tertiary/aromatic N) is 4. The molecular formula is C17H10N4O4. The smallest absolute Gasteiger partial charge is 0.283 e. The van der Waals surface area contributed by atoms with Gasteiger partial charge in [-0.1, -0.05) is 0 Å². The minimum Gasteiger partial charge on any atom is -0.451 e. The summed E-state index contributed by atoms with van der Waals surface area (Å²) in [5, 5.41) is 18.7. The first kappa shape index (κ1) is 14.8. The summed E-state index contributed by atoms with van der Waals surface area (Å²) in [7, 11) is 0. The lowest BCUT2D eigenvalue weighted by Gasteiger charge is -1.96. The van der Waals surface area contributed by atoms with Crippen LogP contribution in [-0.2, 0) is 0 Å². The zero-order chi connectivity index (χ0) is 17.2. The van der Waals surface area contributed by atoms with Gasteiger partial charge in [0.1, 0.15) is 5.76 Å². The summed E-state index contributed by atoms with van der Waals surface area (Å²) in [4.78, 5) is 14.3. The first-order chi connectivity index (χ1) is 12.2. The summed E-state index contributed by atoms with van der Waals surface area (Å²) in [6.07, 6.45) is 3.28. The Bertz CT molecular complexity index is 1020. The molecule has 0 unspecified atom stereocenters. The second-order valence-corrected chi connectivity index (χ2v) is 5.12. The van der Waals surface area contributed by atoms with Gasteiger partial charge in [0.25, 0.3) is 11.6 Å². The maximum Gasteiger partial charge on any atom is 0.283 e. The molecule has 0 bridgehead atoms. The van der Waals surface area contributed by atoms with E-state index < -0.39 is 4.92 Å².